The van der Waals surface area contributed by atoms with Crippen LogP contribution in [0.4, 0.5) is 0 Å². The van der Waals surface area contributed by atoms with E-state index in [0.29, 0.717) is 0 Å². The topological polar surface area (TPSA) is 40.5 Å². The van der Waals surface area contributed by atoms with E-state index in [1.165, 1.54) is 0 Å². The summed E-state index contributed by atoms with van der Waals surface area (Å²) in [6, 6.07) is 8.99. The maximum absolute atomic E-state index is 11.4. The number of aliphatic carboxylic acids is 1. The van der Waals surface area contributed by atoms with Gasteiger partial charge in [-0.2, -0.15) is 11.8 Å². The molecule has 17 heavy (non-hydrogen) atoms. The number of carboxylic acids is 1. The van der Waals surface area contributed by atoms with E-state index in [2.05, 4.69) is 0 Å². The minimum Gasteiger partial charge on any atom is -0.480 e. The zero-order valence-electron chi connectivity index (χ0n) is 9.41. The third-order valence-electron chi connectivity index (χ3n) is 2.76. The predicted octanol–water partition coefficient (Wildman–Crippen LogP) is 2.28. The highest BCUT2D eigenvalue weighted by atomic mass is 35.5. The lowest BCUT2D eigenvalue weighted by Crippen LogP contribution is -2.39. The SMILES string of the molecule is Cl.O=C(O)C(c1ccccc1)N1CCSCC1. The summed E-state index contributed by atoms with van der Waals surface area (Å²) in [6.45, 7) is 1.72. The molecule has 5 heteroatoms. The zero-order valence-corrected chi connectivity index (χ0v) is 11.0. The summed E-state index contributed by atoms with van der Waals surface area (Å²) < 4.78 is 0. The molecular formula is C12H16ClNO2S. The van der Waals surface area contributed by atoms with E-state index >= 15 is 0 Å². The quantitative estimate of drug-likeness (QED) is 0.917. The summed E-state index contributed by atoms with van der Waals surface area (Å²) in [6.07, 6.45) is 0. The van der Waals surface area contributed by atoms with Crippen LogP contribution in [0.2, 0.25) is 0 Å². The lowest BCUT2D eigenvalue weighted by molar-refractivity contribution is -0.143. The third-order valence-corrected chi connectivity index (χ3v) is 3.70. The number of hydrogen-bond donors (Lipinski definition) is 1. The molecule has 3 nitrogen and oxygen atoms in total. The van der Waals surface area contributed by atoms with Crippen molar-refractivity contribution < 1.29 is 9.90 Å². The summed E-state index contributed by atoms with van der Waals surface area (Å²) in [5, 5.41) is 9.33. The number of benzene rings is 1. The largest absolute Gasteiger partial charge is 0.480 e. The minimum atomic E-state index is -0.752. The van der Waals surface area contributed by atoms with Gasteiger partial charge in [-0.3, -0.25) is 9.69 Å². The molecule has 1 aliphatic rings. The lowest BCUT2D eigenvalue weighted by atomic mass is 10.1. The van der Waals surface area contributed by atoms with Crippen molar-refractivity contribution >= 4 is 30.1 Å². The molecule has 1 aromatic rings. The predicted molar refractivity (Wildman–Crippen MR) is 73.0 cm³/mol. The van der Waals surface area contributed by atoms with Gasteiger partial charge in [-0.1, -0.05) is 30.3 Å². The van der Waals surface area contributed by atoms with Gasteiger partial charge in [-0.15, -0.1) is 12.4 Å². The monoisotopic (exact) mass is 273 g/mol. The first-order chi connectivity index (χ1) is 7.79. The van der Waals surface area contributed by atoms with Crippen molar-refractivity contribution in [1.82, 2.24) is 4.90 Å². The lowest BCUT2D eigenvalue weighted by Gasteiger charge is -2.31. The summed E-state index contributed by atoms with van der Waals surface area (Å²) in [5.74, 6) is 1.30. The fraction of sp³-hybridized carbons (Fsp3) is 0.417. The molecule has 1 fully saturated rings. The second kappa shape index (κ2) is 6.89. The molecule has 1 N–H and O–H groups in total. The van der Waals surface area contributed by atoms with Crippen LogP contribution in [0.3, 0.4) is 0 Å². The van der Waals surface area contributed by atoms with Gasteiger partial charge in [0.05, 0.1) is 0 Å². The van der Waals surface area contributed by atoms with Gasteiger partial charge < -0.3 is 5.11 Å². The second-order valence-electron chi connectivity index (χ2n) is 3.80. The zero-order chi connectivity index (χ0) is 11.4. The molecule has 1 atom stereocenters. The maximum Gasteiger partial charge on any atom is 0.325 e. The molecule has 1 aliphatic heterocycles. The Hall–Kier alpha value is -0.710. The fourth-order valence-electron chi connectivity index (χ4n) is 1.98. The van der Waals surface area contributed by atoms with Crippen molar-refractivity contribution in [1.29, 1.82) is 0 Å². The number of carbonyl (C=O) groups is 1. The molecular weight excluding hydrogens is 258 g/mol. The van der Waals surface area contributed by atoms with Gasteiger partial charge in [0.25, 0.3) is 0 Å². The first-order valence-electron chi connectivity index (χ1n) is 5.38. The van der Waals surface area contributed by atoms with Crippen LogP contribution < -0.4 is 0 Å². The molecule has 1 heterocycles. The van der Waals surface area contributed by atoms with Crippen LogP contribution in [-0.4, -0.2) is 40.6 Å². The first kappa shape index (κ1) is 14.4. The maximum atomic E-state index is 11.4. The van der Waals surface area contributed by atoms with E-state index in [1.807, 2.05) is 47.0 Å². The van der Waals surface area contributed by atoms with Crippen LogP contribution in [0.5, 0.6) is 0 Å². The van der Waals surface area contributed by atoms with Gasteiger partial charge >= 0.3 is 5.97 Å². The van der Waals surface area contributed by atoms with Crippen LogP contribution in [0, 0.1) is 0 Å². The van der Waals surface area contributed by atoms with Crippen molar-refractivity contribution in [2.75, 3.05) is 24.6 Å². The van der Waals surface area contributed by atoms with Gasteiger partial charge in [-0.25, -0.2) is 0 Å². The van der Waals surface area contributed by atoms with Gasteiger partial charge in [0, 0.05) is 24.6 Å². The third kappa shape index (κ3) is 3.63. The molecule has 0 aliphatic carbocycles. The Labute approximate surface area is 112 Å². The molecule has 0 spiro atoms. The number of carboxylic acid groups (broad SMARTS) is 1. The van der Waals surface area contributed by atoms with Crippen molar-refractivity contribution in [3.8, 4) is 0 Å². The van der Waals surface area contributed by atoms with E-state index < -0.39 is 12.0 Å². The Kier molecular flexibility index (Phi) is 5.82. The Morgan fingerprint density at radius 3 is 2.35 bits per heavy atom. The van der Waals surface area contributed by atoms with Crippen molar-refractivity contribution in [3.05, 3.63) is 35.9 Å². The number of thioether (sulfide) groups is 1. The number of hydrogen-bond acceptors (Lipinski definition) is 3. The summed E-state index contributed by atoms with van der Waals surface area (Å²) >= 11 is 1.89. The molecule has 2 rings (SSSR count). The van der Waals surface area contributed by atoms with Crippen LogP contribution in [-0.2, 0) is 4.79 Å². The van der Waals surface area contributed by atoms with Gasteiger partial charge in [0.1, 0.15) is 6.04 Å². The van der Waals surface area contributed by atoms with Crippen LogP contribution >= 0.6 is 24.2 Å². The molecule has 1 unspecified atom stereocenters. The Morgan fingerprint density at radius 1 is 1.24 bits per heavy atom. The summed E-state index contributed by atoms with van der Waals surface area (Å²) in [5.41, 5.74) is 0.877. The van der Waals surface area contributed by atoms with Gasteiger partial charge in [-0.05, 0) is 5.56 Å². The average molecular weight is 274 g/mol. The molecule has 1 saturated heterocycles. The Morgan fingerprint density at radius 2 is 1.82 bits per heavy atom. The standard InChI is InChI=1S/C12H15NO2S.ClH/c14-12(15)11(10-4-2-1-3-5-10)13-6-8-16-9-7-13;/h1-5,11H,6-9H2,(H,14,15);1H. The molecule has 94 valence electrons. The highest BCUT2D eigenvalue weighted by molar-refractivity contribution is 7.99. The van der Waals surface area contributed by atoms with Gasteiger partial charge in [0.2, 0.25) is 0 Å². The Balaban J connectivity index is 0.00000144. The molecule has 0 bridgehead atoms. The minimum absolute atomic E-state index is 0. The second-order valence-corrected chi connectivity index (χ2v) is 5.02. The fourth-order valence-corrected chi connectivity index (χ4v) is 2.91. The number of rotatable bonds is 3. The molecule has 0 aromatic heterocycles. The Bertz CT molecular complexity index is 355. The van der Waals surface area contributed by atoms with Crippen molar-refractivity contribution in [3.63, 3.8) is 0 Å². The molecule has 0 amide bonds. The van der Waals surface area contributed by atoms with E-state index in [-0.39, 0.29) is 12.4 Å². The van der Waals surface area contributed by atoms with Crippen molar-refractivity contribution in [2.24, 2.45) is 0 Å². The first-order valence-corrected chi connectivity index (χ1v) is 6.54. The number of halogens is 1. The van der Waals surface area contributed by atoms with Crippen LogP contribution in [0.1, 0.15) is 11.6 Å². The van der Waals surface area contributed by atoms with E-state index in [4.69, 9.17) is 0 Å². The van der Waals surface area contributed by atoms with Gasteiger partial charge in [0.15, 0.2) is 0 Å². The summed E-state index contributed by atoms with van der Waals surface area (Å²) in [4.78, 5) is 13.4. The highest BCUT2D eigenvalue weighted by Gasteiger charge is 2.28. The van der Waals surface area contributed by atoms with Crippen molar-refractivity contribution in [2.45, 2.75) is 6.04 Å². The molecule has 0 saturated carbocycles. The van der Waals surface area contributed by atoms with Crippen LogP contribution in [0.25, 0.3) is 0 Å². The summed E-state index contributed by atoms with van der Waals surface area (Å²) in [7, 11) is 0. The smallest absolute Gasteiger partial charge is 0.325 e. The highest BCUT2D eigenvalue weighted by Crippen LogP contribution is 2.24. The van der Waals surface area contributed by atoms with Crippen LogP contribution in [0.15, 0.2) is 30.3 Å². The molecule has 0 radical (unpaired) electrons. The average Bonchev–Trinajstić information content (AvgIpc) is 2.31. The van der Waals surface area contributed by atoms with E-state index in [1.54, 1.807) is 0 Å². The normalized spacial score (nSPS) is 18.1. The van der Waals surface area contributed by atoms with E-state index in [0.717, 1.165) is 30.2 Å². The van der Waals surface area contributed by atoms with E-state index in [9.17, 15) is 9.90 Å². The molecule has 1 aromatic carbocycles. The number of nitrogens with zero attached hydrogens (tertiary/aromatic N) is 1.